The zero-order valence-electron chi connectivity index (χ0n) is 22.1. The highest BCUT2D eigenvalue weighted by Crippen LogP contribution is 2.44. The molecule has 0 heterocycles. The van der Waals surface area contributed by atoms with Gasteiger partial charge in [-0.25, -0.2) is 0 Å². The van der Waals surface area contributed by atoms with Crippen molar-refractivity contribution in [2.24, 2.45) is 0 Å². The van der Waals surface area contributed by atoms with E-state index < -0.39 is 0 Å². The molecule has 0 N–H and O–H groups in total. The fourth-order valence-electron chi connectivity index (χ4n) is 5.05. The number of benzene rings is 3. The minimum absolute atomic E-state index is 0.253. The van der Waals surface area contributed by atoms with E-state index in [2.05, 4.69) is 110 Å². The van der Waals surface area contributed by atoms with Crippen LogP contribution in [0.1, 0.15) is 107 Å². The van der Waals surface area contributed by atoms with Crippen LogP contribution >= 0.6 is 0 Å². The van der Waals surface area contributed by atoms with E-state index in [1.807, 2.05) is 0 Å². The van der Waals surface area contributed by atoms with Crippen LogP contribution in [0.15, 0.2) is 54.6 Å². The third-order valence-corrected chi connectivity index (χ3v) is 6.76. The molecule has 3 aromatic carbocycles. The van der Waals surface area contributed by atoms with E-state index in [4.69, 9.17) is 4.74 Å². The van der Waals surface area contributed by atoms with Crippen molar-refractivity contribution in [3.63, 3.8) is 0 Å². The van der Waals surface area contributed by atoms with Crippen LogP contribution in [0.25, 0.3) is 22.3 Å². The number of hydrogen-bond acceptors (Lipinski definition) is 2. The molecule has 0 spiro atoms. The Hall–Kier alpha value is -2.87. The van der Waals surface area contributed by atoms with Crippen LogP contribution in [0.5, 0.6) is 0 Å². The molecular weight excluding hydrogens is 416 g/mol. The standard InChI is InChI=1S/C32H40O2/c1-20(2)24-12-9-13-25(21(3)4)31(24)28-16-11-17-29(30(28)18-34-19-33)32-26(22(5)6)14-10-15-27(32)23(7)8/h9-17,19-23H,18H2,1-8H3. The molecule has 0 radical (unpaired) electrons. The molecule has 34 heavy (non-hydrogen) atoms. The first-order valence-electron chi connectivity index (χ1n) is 12.6. The van der Waals surface area contributed by atoms with E-state index in [-0.39, 0.29) is 6.61 Å². The van der Waals surface area contributed by atoms with Crippen LogP contribution in [0.4, 0.5) is 0 Å². The number of ether oxygens (including phenoxy) is 1. The second-order valence-corrected chi connectivity index (χ2v) is 10.5. The van der Waals surface area contributed by atoms with Crippen molar-refractivity contribution >= 4 is 6.47 Å². The van der Waals surface area contributed by atoms with Crippen molar-refractivity contribution < 1.29 is 9.53 Å². The predicted molar refractivity (Wildman–Crippen MR) is 145 cm³/mol. The predicted octanol–water partition coefficient (Wildman–Crippen LogP) is 9.19. The van der Waals surface area contributed by atoms with Gasteiger partial charge in [-0.2, -0.15) is 0 Å². The summed E-state index contributed by atoms with van der Waals surface area (Å²) in [7, 11) is 0. The quantitative estimate of drug-likeness (QED) is 0.300. The topological polar surface area (TPSA) is 26.3 Å². The van der Waals surface area contributed by atoms with E-state index in [0.29, 0.717) is 30.1 Å². The van der Waals surface area contributed by atoms with Gasteiger partial charge in [0.1, 0.15) is 6.61 Å². The molecular formula is C32H40O2. The summed E-state index contributed by atoms with van der Waals surface area (Å²) in [5, 5.41) is 0. The zero-order chi connectivity index (χ0) is 25.0. The Bertz CT molecular complexity index is 1000. The molecule has 0 bridgehead atoms. The minimum Gasteiger partial charge on any atom is -0.463 e. The lowest BCUT2D eigenvalue weighted by Gasteiger charge is -2.26. The lowest BCUT2D eigenvalue weighted by molar-refractivity contribution is -0.129. The third-order valence-electron chi connectivity index (χ3n) is 6.76. The van der Waals surface area contributed by atoms with Gasteiger partial charge in [-0.05, 0) is 68.2 Å². The van der Waals surface area contributed by atoms with E-state index in [9.17, 15) is 4.79 Å². The molecule has 2 heteroatoms. The first-order valence-corrected chi connectivity index (χ1v) is 12.6. The van der Waals surface area contributed by atoms with Gasteiger partial charge < -0.3 is 4.74 Å². The van der Waals surface area contributed by atoms with Crippen LogP contribution in [0.2, 0.25) is 0 Å². The summed E-state index contributed by atoms with van der Waals surface area (Å²) in [6.07, 6.45) is 0. The highest BCUT2D eigenvalue weighted by molar-refractivity contribution is 5.84. The maximum Gasteiger partial charge on any atom is 0.293 e. The maximum atomic E-state index is 11.4. The van der Waals surface area contributed by atoms with Crippen LogP contribution in [-0.2, 0) is 16.1 Å². The molecule has 3 aromatic rings. The largest absolute Gasteiger partial charge is 0.463 e. The molecule has 0 fully saturated rings. The molecule has 0 aliphatic rings. The maximum absolute atomic E-state index is 11.4. The van der Waals surface area contributed by atoms with Crippen molar-refractivity contribution in [3.05, 3.63) is 82.4 Å². The monoisotopic (exact) mass is 456 g/mol. The fraction of sp³-hybridized carbons (Fsp3) is 0.406. The molecule has 0 aromatic heterocycles. The van der Waals surface area contributed by atoms with Gasteiger partial charge >= 0.3 is 0 Å². The first kappa shape index (κ1) is 25.7. The van der Waals surface area contributed by atoms with Gasteiger partial charge in [-0.3, -0.25) is 4.79 Å². The average Bonchev–Trinajstić information content (AvgIpc) is 2.81. The molecule has 0 saturated heterocycles. The van der Waals surface area contributed by atoms with E-state index in [1.54, 1.807) is 0 Å². The molecule has 3 rings (SSSR count). The first-order chi connectivity index (χ1) is 16.2. The summed E-state index contributed by atoms with van der Waals surface area (Å²) in [5.74, 6) is 1.52. The number of carbonyl (C=O) groups is 1. The number of hydrogen-bond donors (Lipinski definition) is 0. The summed E-state index contributed by atoms with van der Waals surface area (Å²) in [6.45, 7) is 18.8. The average molecular weight is 457 g/mol. The Morgan fingerprint density at radius 2 is 0.912 bits per heavy atom. The molecule has 0 aliphatic heterocycles. The van der Waals surface area contributed by atoms with Gasteiger partial charge in [0.05, 0.1) is 0 Å². The van der Waals surface area contributed by atoms with E-state index in [1.165, 1.54) is 44.5 Å². The van der Waals surface area contributed by atoms with Crippen LogP contribution in [0.3, 0.4) is 0 Å². The zero-order valence-corrected chi connectivity index (χ0v) is 22.1. The molecule has 0 saturated carbocycles. The molecule has 0 aliphatic carbocycles. The Morgan fingerprint density at radius 1 is 0.588 bits per heavy atom. The van der Waals surface area contributed by atoms with Crippen molar-refractivity contribution in [1.29, 1.82) is 0 Å². The smallest absolute Gasteiger partial charge is 0.293 e. The van der Waals surface area contributed by atoms with Crippen LogP contribution < -0.4 is 0 Å². The molecule has 0 atom stereocenters. The van der Waals surface area contributed by atoms with Crippen LogP contribution in [0, 0.1) is 0 Å². The highest BCUT2D eigenvalue weighted by atomic mass is 16.5. The van der Waals surface area contributed by atoms with Gasteiger partial charge in [-0.15, -0.1) is 0 Å². The number of carbonyl (C=O) groups excluding carboxylic acids is 1. The van der Waals surface area contributed by atoms with E-state index in [0.717, 1.165) is 5.56 Å². The van der Waals surface area contributed by atoms with Gasteiger partial charge in [0.15, 0.2) is 0 Å². The summed E-state index contributed by atoms with van der Waals surface area (Å²) in [4.78, 5) is 11.4. The van der Waals surface area contributed by atoms with Crippen molar-refractivity contribution in [2.75, 3.05) is 0 Å². The molecule has 0 unspecified atom stereocenters. The highest BCUT2D eigenvalue weighted by Gasteiger charge is 2.23. The molecule has 0 amide bonds. The van der Waals surface area contributed by atoms with Crippen molar-refractivity contribution in [1.82, 2.24) is 0 Å². The van der Waals surface area contributed by atoms with Crippen LogP contribution in [-0.4, -0.2) is 6.47 Å². The Kier molecular flexibility index (Phi) is 8.36. The lowest BCUT2D eigenvalue weighted by Crippen LogP contribution is -2.06. The third kappa shape index (κ3) is 5.12. The van der Waals surface area contributed by atoms with Crippen molar-refractivity contribution in [3.8, 4) is 22.3 Å². The Balaban J connectivity index is 2.46. The Morgan fingerprint density at radius 3 is 1.21 bits per heavy atom. The fourth-order valence-corrected chi connectivity index (χ4v) is 5.05. The van der Waals surface area contributed by atoms with Gasteiger partial charge in [0.2, 0.25) is 0 Å². The summed E-state index contributed by atoms with van der Waals surface area (Å²) >= 11 is 0. The molecule has 180 valence electrons. The van der Waals surface area contributed by atoms with Gasteiger partial charge in [0.25, 0.3) is 6.47 Å². The Labute approximate surface area is 206 Å². The second kappa shape index (κ2) is 11.0. The normalized spacial score (nSPS) is 11.6. The van der Waals surface area contributed by atoms with Crippen molar-refractivity contribution in [2.45, 2.75) is 85.7 Å². The molecule has 2 nitrogen and oxygen atoms in total. The lowest BCUT2D eigenvalue weighted by atomic mass is 9.79. The summed E-state index contributed by atoms with van der Waals surface area (Å²) in [6, 6.07) is 19.9. The van der Waals surface area contributed by atoms with Gasteiger partial charge in [0, 0.05) is 5.56 Å². The summed E-state index contributed by atoms with van der Waals surface area (Å²) < 4.78 is 5.46. The second-order valence-electron chi connectivity index (χ2n) is 10.5. The summed E-state index contributed by atoms with van der Waals surface area (Å²) in [5.41, 5.74) is 11.3. The minimum atomic E-state index is 0.253. The van der Waals surface area contributed by atoms with Gasteiger partial charge in [-0.1, -0.05) is 110 Å². The van der Waals surface area contributed by atoms with E-state index >= 15 is 0 Å². The number of rotatable bonds is 9. The SMILES string of the molecule is CC(C)c1cccc(C(C)C)c1-c1cccc(-c2c(C(C)C)cccc2C(C)C)c1COC=O.